The van der Waals surface area contributed by atoms with Crippen LogP contribution in [-0.4, -0.2) is 34.7 Å². The Balaban J connectivity index is 4.99. The fourth-order valence-electron chi connectivity index (χ4n) is 1.71. The minimum Gasteiger partial charge on any atom is -0.480 e. The third kappa shape index (κ3) is 6.54. The Kier molecular flexibility index (Phi) is 6.45. The molecule has 0 aromatic carbocycles. The topological polar surface area (TPSA) is 116 Å². The molecule has 0 aliphatic carbocycles. The molecule has 3 atom stereocenters. The predicted molar refractivity (Wildman–Crippen MR) is 72.4 cm³/mol. The number of hydrogen-bond acceptors (Lipinski definition) is 5. The second kappa shape index (κ2) is 6.86. The SMILES string of the molecule is CC(C)CC(C(=O)OC(C)(C)C)C(N)C(N)C(=O)O. The van der Waals surface area contributed by atoms with E-state index in [9.17, 15) is 9.59 Å². The summed E-state index contributed by atoms with van der Waals surface area (Å²) in [6.45, 7) is 9.10. The van der Waals surface area contributed by atoms with Gasteiger partial charge in [0, 0.05) is 6.04 Å². The van der Waals surface area contributed by atoms with Crippen LogP contribution in [0.5, 0.6) is 0 Å². The van der Waals surface area contributed by atoms with E-state index in [0.29, 0.717) is 6.42 Å². The van der Waals surface area contributed by atoms with Gasteiger partial charge in [-0.2, -0.15) is 0 Å². The Morgan fingerprint density at radius 2 is 1.68 bits per heavy atom. The third-order valence-corrected chi connectivity index (χ3v) is 2.60. The highest BCUT2D eigenvalue weighted by molar-refractivity contribution is 5.78. The first kappa shape index (κ1) is 17.9. The molecular weight excluding hydrogens is 248 g/mol. The van der Waals surface area contributed by atoms with Crippen LogP contribution in [0.15, 0.2) is 0 Å². The molecular formula is C13H26N2O4. The lowest BCUT2D eigenvalue weighted by Crippen LogP contribution is -2.54. The summed E-state index contributed by atoms with van der Waals surface area (Å²) in [5, 5.41) is 8.89. The lowest BCUT2D eigenvalue weighted by molar-refractivity contribution is -0.162. The van der Waals surface area contributed by atoms with Crippen LogP contribution in [0.1, 0.15) is 41.0 Å². The van der Waals surface area contributed by atoms with Gasteiger partial charge in [0.05, 0.1) is 5.92 Å². The summed E-state index contributed by atoms with van der Waals surface area (Å²) in [6, 6.07) is -2.24. The van der Waals surface area contributed by atoms with Gasteiger partial charge in [0.2, 0.25) is 0 Å². The largest absolute Gasteiger partial charge is 0.480 e. The molecule has 6 heteroatoms. The molecule has 0 heterocycles. The zero-order valence-corrected chi connectivity index (χ0v) is 12.3. The standard InChI is InChI=1S/C13H26N2O4/c1-7(2)6-8(9(14)10(15)11(16)17)12(18)19-13(3,4)5/h7-10H,6,14-15H2,1-5H3,(H,16,17). The fourth-order valence-corrected chi connectivity index (χ4v) is 1.71. The summed E-state index contributed by atoms with van der Waals surface area (Å²) in [5.74, 6) is -2.25. The molecule has 0 saturated carbocycles. The summed E-state index contributed by atoms with van der Waals surface area (Å²) in [6.07, 6.45) is 0.442. The number of esters is 1. The van der Waals surface area contributed by atoms with E-state index in [4.69, 9.17) is 21.3 Å². The van der Waals surface area contributed by atoms with E-state index in [0.717, 1.165) is 0 Å². The van der Waals surface area contributed by atoms with Gasteiger partial charge in [-0.15, -0.1) is 0 Å². The number of ether oxygens (including phenoxy) is 1. The number of carbonyl (C=O) groups excluding carboxylic acids is 1. The minimum atomic E-state index is -1.28. The maximum absolute atomic E-state index is 12.1. The van der Waals surface area contributed by atoms with E-state index in [1.54, 1.807) is 20.8 Å². The molecule has 3 unspecified atom stereocenters. The summed E-state index contributed by atoms with van der Waals surface area (Å²) >= 11 is 0. The Labute approximate surface area is 114 Å². The van der Waals surface area contributed by atoms with Gasteiger partial charge in [0.15, 0.2) is 0 Å². The van der Waals surface area contributed by atoms with Gasteiger partial charge >= 0.3 is 11.9 Å². The summed E-state index contributed by atoms with van der Waals surface area (Å²) in [7, 11) is 0. The zero-order chi connectivity index (χ0) is 15.4. The molecule has 0 aliphatic rings. The van der Waals surface area contributed by atoms with Crippen molar-refractivity contribution in [1.82, 2.24) is 0 Å². The number of carbonyl (C=O) groups is 2. The van der Waals surface area contributed by atoms with Gasteiger partial charge < -0.3 is 21.3 Å². The second-order valence-corrected chi connectivity index (χ2v) is 6.21. The third-order valence-electron chi connectivity index (χ3n) is 2.60. The van der Waals surface area contributed by atoms with Gasteiger partial charge in [-0.1, -0.05) is 13.8 Å². The number of aliphatic carboxylic acids is 1. The first-order chi connectivity index (χ1) is 8.45. The van der Waals surface area contributed by atoms with Crippen LogP contribution in [0.3, 0.4) is 0 Å². The lowest BCUT2D eigenvalue weighted by Gasteiger charge is -2.29. The van der Waals surface area contributed by atoms with E-state index in [1.807, 2.05) is 13.8 Å². The van der Waals surface area contributed by atoms with Crippen molar-refractivity contribution >= 4 is 11.9 Å². The molecule has 6 nitrogen and oxygen atoms in total. The van der Waals surface area contributed by atoms with Crippen LogP contribution in [0.4, 0.5) is 0 Å². The Hall–Kier alpha value is -1.14. The van der Waals surface area contributed by atoms with Gasteiger partial charge in [-0.25, -0.2) is 0 Å². The van der Waals surface area contributed by atoms with Crippen LogP contribution in [0.2, 0.25) is 0 Å². The molecule has 0 spiro atoms. The average Bonchev–Trinajstić information content (AvgIpc) is 2.20. The molecule has 0 radical (unpaired) electrons. The monoisotopic (exact) mass is 274 g/mol. The van der Waals surface area contributed by atoms with Crippen molar-refractivity contribution in [3.8, 4) is 0 Å². The summed E-state index contributed by atoms with van der Waals surface area (Å²) < 4.78 is 5.28. The van der Waals surface area contributed by atoms with Crippen molar-refractivity contribution in [2.45, 2.75) is 58.7 Å². The molecule has 0 aromatic rings. The van der Waals surface area contributed by atoms with Crippen LogP contribution >= 0.6 is 0 Å². The second-order valence-electron chi connectivity index (χ2n) is 6.21. The first-order valence-electron chi connectivity index (χ1n) is 6.42. The molecule has 0 saturated heterocycles. The number of carboxylic acid groups (broad SMARTS) is 1. The van der Waals surface area contributed by atoms with Crippen molar-refractivity contribution in [3.05, 3.63) is 0 Å². The molecule has 0 bridgehead atoms. The lowest BCUT2D eigenvalue weighted by atomic mass is 9.87. The highest BCUT2D eigenvalue weighted by Gasteiger charge is 2.36. The molecule has 5 N–H and O–H groups in total. The van der Waals surface area contributed by atoms with E-state index in [-0.39, 0.29) is 5.92 Å². The highest BCUT2D eigenvalue weighted by atomic mass is 16.6. The fraction of sp³-hybridized carbons (Fsp3) is 0.846. The number of rotatable bonds is 6. The van der Waals surface area contributed by atoms with E-state index in [2.05, 4.69) is 0 Å². The predicted octanol–water partition coefficient (Wildman–Crippen LogP) is 0.730. The molecule has 0 aliphatic heterocycles. The molecule has 0 rings (SSSR count). The minimum absolute atomic E-state index is 0.185. The van der Waals surface area contributed by atoms with E-state index >= 15 is 0 Å². The molecule has 112 valence electrons. The van der Waals surface area contributed by atoms with Crippen molar-refractivity contribution < 1.29 is 19.4 Å². The summed E-state index contributed by atoms with van der Waals surface area (Å²) in [5.41, 5.74) is 10.7. The highest BCUT2D eigenvalue weighted by Crippen LogP contribution is 2.21. The van der Waals surface area contributed by atoms with Crippen LogP contribution in [0.25, 0.3) is 0 Å². The van der Waals surface area contributed by atoms with E-state index in [1.165, 1.54) is 0 Å². The zero-order valence-electron chi connectivity index (χ0n) is 12.3. The number of carboxylic acids is 1. The van der Waals surface area contributed by atoms with Crippen LogP contribution < -0.4 is 11.5 Å². The van der Waals surface area contributed by atoms with Crippen molar-refractivity contribution in [2.75, 3.05) is 0 Å². The Morgan fingerprint density at radius 3 is 2.00 bits per heavy atom. The average molecular weight is 274 g/mol. The molecule has 0 fully saturated rings. The van der Waals surface area contributed by atoms with Crippen molar-refractivity contribution in [3.63, 3.8) is 0 Å². The number of nitrogens with two attached hydrogens (primary N) is 2. The first-order valence-corrected chi connectivity index (χ1v) is 6.42. The van der Waals surface area contributed by atoms with Gasteiger partial charge in [0.1, 0.15) is 11.6 Å². The normalized spacial score (nSPS) is 16.8. The number of hydrogen-bond donors (Lipinski definition) is 3. The van der Waals surface area contributed by atoms with Crippen molar-refractivity contribution in [1.29, 1.82) is 0 Å². The Morgan fingerprint density at radius 1 is 1.21 bits per heavy atom. The van der Waals surface area contributed by atoms with Crippen molar-refractivity contribution in [2.24, 2.45) is 23.3 Å². The maximum Gasteiger partial charge on any atom is 0.322 e. The van der Waals surface area contributed by atoms with Gasteiger partial charge in [-0.05, 0) is 33.1 Å². The van der Waals surface area contributed by atoms with E-state index < -0.39 is 35.5 Å². The van der Waals surface area contributed by atoms with Gasteiger partial charge in [0.25, 0.3) is 0 Å². The smallest absolute Gasteiger partial charge is 0.322 e. The van der Waals surface area contributed by atoms with Gasteiger partial charge in [-0.3, -0.25) is 9.59 Å². The molecule has 0 amide bonds. The maximum atomic E-state index is 12.1. The summed E-state index contributed by atoms with van der Waals surface area (Å²) in [4.78, 5) is 23.0. The quantitative estimate of drug-likeness (QED) is 0.615. The van der Waals surface area contributed by atoms with Crippen LogP contribution in [-0.2, 0) is 14.3 Å². The van der Waals surface area contributed by atoms with Crippen LogP contribution in [0, 0.1) is 11.8 Å². The molecule has 0 aromatic heterocycles. The molecule has 19 heavy (non-hydrogen) atoms. The Bertz CT molecular complexity index is 323.